The maximum Gasteiger partial charge on any atom is 0.349 e. The Hall–Kier alpha value is -1.81. The van der Waals surface area contributed by atoms with Gasteiger partial charge in [0.1, 0.15) is 17.1 Å². The first-order chi connectivity index (χ1) is 9.02. The van der Waals surface area contributed by atoms with Crippen LogP contribution in [-0.4, -0.2) is 11.1 Å². The molecule has 1 heterocycles. The molecule has 0 spiro atoms. The Kier molecular flexibility index (Phi) is 3.90. The molecule has 0 saturated heterocycles. The molecule has 0 amide bonds. The van der Waals surface area contributed by atoms with Gasteiger partial charge < -0.3 is 9.26 Å². The summed E-state index contributed by atoms with van der Waals surface area (Å²) in [6.45, 7) is 5.48. The summed E-state index contributed by atoms with van der Waals surface area (Å²) in [5.41, 5.74) is 1.93. The summed E-state index contributed by atoms with van der Waals surface area (Å²) in [6.07, 6.45) is 0.601. The van der Waals surface area contributed by atoms with Crippen molar-refractivity contribution in [2.75, 3.05) is 0 Å². The lowest BCUT2D eigenvalue weighted by Crippen LogP contribution is -2.11. The Morgan fingerprint density at radius 1 is 1.42 bits per heavy atom. The predicted octanol–water partition coefficient (Wildman–Crippen LogP) is 3.73. The Morgan fingerprint density at radius 2 is 2.16 bits per heavy atom. The second kappa shape index (κ2) is 5.45. The minimum absolute atomic E-state index is 0.342. The standard InChI is InChI=1S/C14H14ClNO3/c1-4-11-13(9(3)19-16-11)14(17)18-12-7-8(2)5-6-10(12)15/h5-7H,4H2,1-3H3. The van der Waals surface area contributed by atoms with E-state index in [0.717, 1.165) is 5.56 Å². The van der Waals surface area contributed by atoms with E-state index in [1.165, 1.54) is 0 Å². The van der Waals surface area contributed by atoms with E-state index >= 15 is 0 Å². The molecule has 19 heavy (non-hydrogen) atoms. The van der Waals surface area contributed by atoms with Gasteiger partial charge in [-0.05, 0) is 38.0 Å². The quantitative estimate of drug-likeness (QED) is 0.634. The molecule has 0 fully saturated rings. The first-order valence-corrected chi connectivity index (χ1v) is 6.34. The Bertz CT molecular complexity index is 619. The highest BCUT2D eigenvalue weighted by molar-refractivity contribution is 6.32. The van der Waals surface area contributed by atoms with Crippen LogP contribution >= 0.6 is 11.6 Å². The molecule has 0 bridgehead atoms. The van der Waals surface area contributed by atoms with E-state index in [1.54, 1.807) is 19.1 Å². The number of aromatic nitrogens is 1. The van der Waals surface area contributed by atoms with E-state index < -0.39 is 5.97 Å². The van der Waals surface area contributed by atoms with Gasteiger partial charge in [-0.15, -0.1) is 0 Å². The molecular formula is C14H14ClNO3. The third-order valence-electron chi connectivity index (χ3n) is 2.76. The molecule has 0 saturated carbocycles. The van der Waals surface area contributed by atoms with Gasteiger partial charge >= 0.3 is 5.97 Å². The zero-order valence-electron chi connectivity index (χ0n) is 11.0. The summed E-state index contributed by atoms with van der Waals surface area (Å²) < 4.78 is 10.3. The fourth-order valence-corrected chi connectivity index (χ4v) is 1.92. The van der Waals surface area contributed by atoms with E-state index in [1.807, 2.05) is 19.9 Å². The van der Waals surface area contributed by atoms with Gasteiger partial charge in [0.25, 0.3) is 0 Å². The third kappa shape index (κ3) is 2.79. The van der Waals surface area contributed by atoms with Gasteiger partial charge in [-0.2, -0.15) is 0 Å². The maximum atomic E-state index is 12.2. The highest BCUT2D eigenvalue weighted by Gasteiger charge is 2.21. The van der Waals surface area contributed by atoms with Crippen LogP contribution in [0, 0.1) is 13.8 Å². The normalized spacial score (nSPS) is 10.5. The van der Waals surface area contributed by atoms with E-state index in [2.05, 4.69) is 5.16 Å². The fraction of sp³-hybridized carbons (Fsp3) is 0.286. The smallest absolute Gasteiger partial charge is 0.349 e. The van der Waals surface area contributed by atoms with Gasteiger partial charge in [-0.1, -0.05) is 29.7 Å². The molecule has 0 N–H and O–H groups in total. The molecule has 1 aromatic heterocycles. The van der Waals surface area contributed by atoms with Gasteiger partial charge in [-0.3, -0.25) is 0 Å². The molecule has 4 nitrogen and oxygen atoms in total. The molecular weight excluding hydrogens is 266 g/mol. The second-order valence-electron chi connectivity index (χ2n) is 4.24. The first-order valence-electron chi connectivity index (χ1n) is 5.96. The summed E-state index contributed by atoms with van der Waals surface area (Å²) >= 11 is 6.00. The van der Waals surface area contributed by atoms with Gasteiger partial charge in [0, 0.05) is 0 Å². The molecule has 100 valence electrons. The number of nitrogens with zero attached hydrogens (tertiary/aromatic N) is 1. The zero-order chi connectivity index (χ0) is 14.0. The van der Waals surface area contributed by atoms with Crippen LogP contribution in [0.15, 0.2) is 22.7 Å². The summed E-state index contributed by atoms with van der Waals surface area (Å²) in [5.74, 6) is 0.294. The largest absolute Gasteiger partial charge is 0.421 e. The van der Waals surface area contributed by atoms with Crippen LogP contribution in [0.2, 0.25) is 5.02 Å². The van der Waals surface area contributed by atoms with E-state index in [4.69, 9.17) is 20.9 Å². The van der Waals surface area contributed by atoms with Crippen molar-refractivity contribution in [2.24, 2.45) is 0 Å². The molecule has 1 aromatic carbocycles. The summed E-state index contributed by atoms with van der Waals surface area (Å²) in [6, 6.07) is 5.26. The van der Waals surface area contributed by atoms with Crippen LogP contribution in [0.1, 0.15) is 34.3 Å². The average molecular weight is 280 g/mol. The molecule has 5 heteroatoms. The first kappa shape index (κ1) is 13.6. The highest BCUT2D eigenvalue weighted by Crippen LogP contribution is 2.27. The van der Waals surface area contributed by atoms with Crippen molar-refractivity contribution in [3.8, 4) is 5.75 Å². The van der Waals surface area contributed by atoms with Gasteiger partial charge in [0.05, 0.1) is 10.7 Å². The van der Waals surface area contributed by atoms with Crippen molar-refractivity contribution in [1.82, 2.24) is 5.16 Å². The number of rotatable bonds is 3. The van der Waals surface area contributed by atoms with Crippen molar-refractivity contribution < 1.29 is 14.1 Å². The Labute approximate surface area is 116 Å². The summed E-state index contributed by atoms with van der Waals surface area (Å²) in [5, 5.41) is 4.22. The van der Waals surface area contributed by atoms with Crippen molar-refractivity contribution in [2.45, 2.75) is 27.2 Å². The minimum Gasteiger partial charge on any atom is -0.421 e. The molecule has 2 rings (SSSR count). The van der Waals surface area contributed by atoms with Crippen LogP contribution in [-0.2, 0) is 6.42 Å². The number of benzene rings is 1. The molecule has 2 aromatic rings. The molecule has 0 radical (unpaired) electrons. The van der Waals surface area contributed by atoms with Crippen LogP contribution in [0.5, 0.6) is 5.75 Å². The van der Waals surface area contributed by atoms with Gasteiger partial charge in [0.2, 0.25) is 0 Å². The van der Waals surface area contributed by atoms with Crippen LogP contribution in [0.4, 0.5) is 0 Å². The average Bonchev–Trinajstić information content (AvgIpc) is 2.75. The van der Waals surface area contributed by atoms with E-state index in [-0.39, 0.29) is 0 Å². The number of aryl methyl sites for hydroxylation is 3. The lowest BCUT2D eigenvalue weighted by atomic mass is 10.1. The molecule has 0 unspecified atom stereocenters. The van der Waals surface area contributed by atoms with Crippen molar-refractivity contribution in [3.63, 3.8) is 0 Å². The number of carbonyl (C=O) groups excluding carboxylic acids is 1. The number of carbonyl (C=O) groups is 1. The topological polar surface area (TPSA) is 52.3 Å². The minimum atomic E-state index is -0.497. The van der Waals surface area contributed by atoms with Crippen molar-refractivity contribution in [3.05, 3.63) is 45.8 Å². The van der Waals surface area contributed by atoms with Crippen LogP contribution in [0.25, 0.3) is 0 Å². The summed E-state index contributed by atoms with van der Waals surface area (Å²) in [4.78, 5) is 12.2. The number of hydrogen-bond donors (Lipinski definition) is 0. The van der Waals surface area contributed by atoms with Crippen LogP contribution in [0.3, 0.4) is 0 Å². The van der Waals surface area contributed by atoms with Crippen molar-refractivity contribution >= 4 is 17.6 Å². The zero-order valence-corrected chi connectivity index (χ0v) is 11.7. The van der Waals surface area contributed by atoms with Gasteiger partial charge in [-0.25, -0.2) is 4.79 Å². The maximum absolute atomic E-state index is 12.2. The fourth-order valence-electron chi connectivity index (χ4n) is 1.76. The number of halogens is 1. The lowest BCUT2D eigenvalue weighted by molar-refractivity contribution is 0.0732. The number of hydrogen-bond acceptors (Lipinski definition) is 4. The number of esters is 1. The van der Waals surface area contributed by atoms with E-state index in [9.17, 15) is 4.79 Å². The molecule has 0 atom stereocenters. The molecule has 0 aliphatic rings. The number of ether oxygens (including phenoxy) is 1. The highest BCUT2D eigenvalue weighted by atomic mass is 35.5. The monoisotopic (exact) mass is 279 g/mol. The third-order valence-corrected chi connectivity index (χ3v) is 3.07. The second-order valence-corrected chi connectivity index (χ2v) is 4.64. The predicted molar refractivity (Wildman–Crippen MR) is 71.8 cm³/mol. The molecule has 0 aliphatic heterocycles. The molecule has 0 aliphatic carbocycles. The van der Waals surface area contributed by atoms with Crippen molar-refractivity contribution in [1.29, 1.82) is 0 Å². The Morgan fingerprint density at radius 3 is 2.84 bits per heavy atom. The lowest BCUT2D eigenvalue weighted by Gasteiger charge is -2.07. The van der Waals surface area contributed by atoms with E-state index in [0.29, 0.717) is 34.2 Å². The summed E-state index contributed by atoms with van der Waals surface area (Å²) in [7, 11) is 0. The van der Waals surface area contributed by atoms with Gasteiger partial charge in [0.15, 0.2) is 0 Å². The SMILES string of the molecule is CCc1noc(C)c1C(=O)Oc1cc(C)ccc1Cl. The Balaban J connectivity index is 2.30. The van der Waals surface area contributed by atoms with Crippen LogP contribution < -0.4 is 4.74 Å².